The Kier molecular flexibility index (Phi) is 8.28. The lowest BCUT2D eigenvalue weighted by molar-refractivity contribution is 0.797. The molecule has 0 N–H and O–H groups in total. The van der Waals surface area contributed by atoms with E-state index in [4.69, 9.17) is 9.97 Å². The third-order valence-electron chi connectivity index (χ3n) is 15.2. The Hall–Kier alpha value is -9.18. The van der Waals surface area contributed by atoms with E-state index in [2.05, 4.69) is 253 Å². The molecule has 0 atom stereocenters. The Labute approximate surface area is 405 Å². The summed E-state index contributed by atoms with van der Waals surface area (Å²) in [6.45, 7) is 0. The molecule has 13 aromatic rings. The summed E-state index contributed by atoms with van der Waals surface area (Å²) in [4.78, 5) is 10.9. The number of benzene rings is 11. The summed E-state index contributed by atoms with van der Waals surface area (Å²) in [7, 11) is 0. The van der Waals surface area contributed by atoms with Crippen LogP contribution >= 0.6 is 0 Å². The topological polar surface area (TPSA) is 30.7 Å². The van der Waals surface area contributed by atoms with Gasteiger partial charge in [0.25, 0.3) is 0 Å². The Balaban J connectivity index is 1.03. The molecule has 0 amide bonds. The van der Waals surface area contributed by atoms with Gasteiger partial charge >= 0.3 is 0 Å². The van der Waals surface area contributed by atoms with Gasteiger partial charge in [-0.2, -0.15) is 0 Å². The quantitative estimate of drug-likeness (QED) is 0.172. The number of rotatable bonds is 5. The highest BCUT2D eigenvalue weighted by atomic mass is 15.0. The molecule has 2 aliphatic carbocycles. The molecule has 3 nitrogen and oxygen atoms in total. The molecule has 324 valence electrons. The van der Waals surface area contributed by atoms with Crippen LogP contribution in [0.1, 0.15) is 22.3 Å². The van der Waals surface area contributed by atoms with Crippen LogP contribution in [0, 0.1) is 0 Å². The van der Waals surface area contributed by atoms with Crippen LogP contribution in [-0.4, -0.2) is 14.5 Å². The summed E-state index contributed by atoms with van der Waals surface area (Å²) in [6.07, 6.45) is 0. The standard InChI is InChI=1S/C67H41N3/c1-3-17-42(18-4-1)44-31-35-46(36-32-44)64-55-41-48(39-40-59(55)68-66(69-64)47-37-33-45(34-38-47)43-19-5-2-6-20-43)70-60-30-16-12-26-54(60)62-52-24-8-7-23-51(52)61-53-25-11-15-29-58(53)67(63(61)65(62)70)56-27-13-9-21-49(56)50-22-10-14-28-57(50)67/h1-41H. The SMILES string of the molecule is c1ccc(-c2ccc(-c3nc(-c4ccc(-c5ccccc5)cc4)c4cc(-n5c6ccccc6c6c7ccccc7c7c(c65)C5(c6ccccc6-c6ccccc65)c5ccccc5-7)ccc4n3)cc2)cc1. The molecule has 2 aromatic heterocycles. The van der Waals surface area contributed by atoms with Crippen molar-refractivity contribution in [1.29, 1.82) is 0 Å². The molecule has 0 radical (unpaired) electrons. The van der Waals surface area contributed by atoms with Gasteiger partial charge in [-0.25, -0.2) is 9.97 Å². The zero-order valence-electron chi connectivity index (χ0n) is 38.0. The summed E-state index contributed by atoms with van der Waals surface area (Å²) >= 11 is 0. The maximum Gasteiger partial charge on any atom is 0.160 e. The predicted molar refractivity (Wildman–Crippen MR) is 289 cm³/mol. The summed E-state index contributed by atoms with van der Waals surface area (Å²) < 4.78 is 2.56. The molecule has 2 heterocycles. The summed E-state index contributed by atoms with van der Waals surface area (Å²) in [5, 5.41) is 6.01. The summed E-state index contributed by atoms with van der Waals surface area (Å²) in [5.74, 6) is 0.696. The molecule has 15 rings (SSSR count). The predicted octanol–water partition coefficient (Wildman–Crippen LogP) is 16.9. The molecule has 0 bridgehead atoms. The molecule has 0 saturated carbocycles. The number of fused-ring (bicyclic) bond motifs is 18. The van der Waals surface area contributed by atoms with Gasteiger partial charge in [-0.3, -0.25) is 0 Å². The largest absolute Gasteiger partial charge is 0.309 e. The van der Waals surface area contributed by atoms with E-state index in [1.54, 1.807) is 0 Å². The highest BCUT2D eigenvalue weighted by Crippen LogP contribution is 2.66. The van der Waals surface area contributed by atoms with Crippen LogP contribution in [-0.2, 0) is 5.41 Å². The fourth-order valence-electron chi connectivity index (χ4n) is 12.3. The average molecular weight is 888 g/mol. The van der Waals surface area contributed by atoms with Gasteiger partial charge in [0, 0.05) is 38.5 Å². The molecule has 0 fully saturated rings. The molecular weight excluding hydrogens is 847 g/mol. The van der Waals surface area contributed by atoms with Gasteiger partial charge in [0.15, 0.2) is 5.82 Å². The van der Waals surface area contributed by atoms with E-state index in [1.807, 2.05) is 0 Å². The number of hydrogen-bond donors (Lipinski definition) is 0. The maximum absolute atomic E-state index is 5.51. The molecule has 0 saturated heterocycles. The van der Waals surface area contributed by atoms with Crippen LogP contribution in [0.2, 0.25) is 0 Å². The number of aromatic nitrogens is 3. The van der Waals surface area contributed by atoms with Gasteiger partial charge in [-0.1, -0.05) is 224 Å². The van der Waals surface area contributed by atoms with E-state index in [9.17, 15) is 0 Å². The molecule has 0 unspecified atom stereocenters. The minimum absolute atomic E-state index is 0.565. The molecule has 0 aliphatic heterocycles. The van der Waals surface area contributed by atoms with Gasteiger partial charge in [0.05, 0.1) is 27.7 Å². The number of hydrogen-bond acceptors (Lipinski definition) is 2. The van der Waals surface area contributed by atoms with Crippen molar-refractivity contribution in [3.8, 4) is 72.8 Å². The van der Waals surface area contributed by atoms with Gasteiger partial charge in [0.2, 0.25) is 0 Å². The molecule has 11 aromatic carbocycles. The van der Waals surface area contributed by atoms with Crippen molar-refractivity contribution < 1.29 is 0 Å². The van der Waals surface area contributed by atoms with Crippen LogP contribution in [0.4, 0.5) is 0 Å². The van der Waals surface area contributed by atoms with Crippen LogP contribution in [0.5, 0.6) is 0 Å². The summed E-state index contributed by atoms with van der Waals surface area (Å²) in [6, 6.07) is 90.9. The molecule has 3 heteroatoms. The Morgan fingerprint density at radius 3 is 1.47 bits per heavy atom. The number of para-hydroxylation sites is 1. The molecule has 1 spiro atoms. The lowest BCUT2D eigenvalue weighted by Gasteiger charge is -2.31. The van der Waals surface area contributed by atoms with Crippen LogP contribution in [0.15, 0.2) is 249 Å². The van der Waals surface area contributed by atoms with Crippen molar-refractivity contribution in [2.75, 3.05) is 0 Å². The first-order valence-electron chi connectivity index (χ1n) is 24.2. The molecular formula is C67H41N3. The van der Waals surface area contributed by atoms with Gasteiger partial charge in [0.1, 0.15) is 0 Å². The van der Waals surface area contributed by atoms with Gasteiger partial charge in [-0.05, 0) is 96.2 Å². The third-order valence-corrected chi connectivity index (χ3v) is 15.2. The second kappa shape index (κ2) is 14.9. The fraction of sp³-hybridized carbons (Fsp3) is 0.0149. The molecule has 2 aliphatic rings. The zero-order chi connectivity index (χ0) is 45.9. The highest BCUT2D eigenvalue weighted by molar-refractivity contribution is 6.28. The van der Waals surface area contributed by atoms with E-state index >= 15 is 0 Å². The zero-order valence-corrected chi connectivity index (χ0v) is 38.0. The van der Waals surface area contributed by atoms with Crippen molar-refractivity contribution in [2.24, 2.45) is 0 Å². The summed E-state index contributed by atoms with van der Waals surface area (Å²) in [5.41, 5.74) is 21.9. The Morgan fingerprint density at radius 2 is 0.829 bits per heavy atom. The first-order chi connectivity index (χ1) is 34.7. The van der Waals surface area contributed by atoms with E-state index in [0.717, 1.165) is 50.1 Å². The Morgan fingerprint density at radius 1 is 0.343 bits per heavy atom. The first-order valence-corrected chi connectivity index (χ1v) is 24.2. The fourth-order valence-corrected chi connectivity index (χ4v) is 12.3. The third kappa shape index (κ3) is 5.40. The molecule has 70 heavy (non-hydrogen) atoms. The van der Waals surface area contributed by atoms with Crippen molar-refractivity contribution in [3.05, 3.63) is 271 Å². The van der Waals surface area contributed by atoms with Crippen LogP contribution in [0.25, 0.3) is 116 Å². The van der Waals surface area contributed by atoms with Crippen LogP contribution < -0.4 is 0 Å². The van der Waals surface area contributed by atoms with E-state index in [0.29, 0.717) is 5.82 Å². The van der Waals surface area contributed by atoms with Gasteiger partial charge < -0.3 is 4.57 Å². The second-order valence-corrected chi connectivity index (χ2v) is 18.7. The maximum atomic E-state index is 5.51. The van der Waals surface area contributed by atoms with E-state index in [1.165, 1.54) is 82.7 Å². The minimum atomic E-state index is -0.565. The van der Waals surface area contributed by atoms with Crippen molar-refractivity contribution >= 4 is 43.5 Å². The lowest BCUT2D eigenvalue weighted by Crippen LogP contribution is -2.26. The van der Waals surface area contributed by atoms with Gasteiger partial charge in [-0.15, -0.1) is 0 Å². The average Bonchev–Trinajstić information content (AvgIpc) is 4.06. The first kappa shape index (κ1) is 38.9. The van der Waals surface area contributed by atoms with Crippen molar-refractivity contribution in [3.63, 3.8) is 0 Å². The van der Waals surface area contributed by atoms with Crippen molar-refractivity contribution in [1.82, 2.24) is 14.5 Å². The normalized spacial score (nSPS) is 13.0. The van der Waals surface area contributed by atoms with E-state index < -0.39 is 5.41 Å². The highest BCUT2D eigenvalue weighted by Gasteiger charge is 2.53. The van der Waals surface area contributed by atoms with Crippen molar-refractivity contribution in [2.45, 2.75) is 5.41 Å². The number of nitrogens with zero attached hydrogens (tertiary/aromatic N) is 3. The second-order valence-electron chi connectivity index (χ2n) is 18.7. The Bertz CT molecular complexity index is 4220. The smallest absolute Gasteiger partial charge is 0.160 e. The lowest BCUT2D eigenvalue weighted by atomic mass is 9.70. The van der Waals surface area contributed by atoms with Crippen LogP contribution in [0.3, 0.4) is 0 Å². The monoisotopic (exact) mass is 887 g/mol. The minimum Gasteiger partial charge on any atom is -0.309 e. The van der Waals surface area contributed by atoms with E-state index in [-0.39, 0.29) is 0 Å².